The summed E-state index contributed by atoms with van der Waals surface area (Å²) in [6.45, 7) is 0.216. The highest BCUT2D eigenvalue weighted by molar-refractivity contribution is 6.00. The van der Waals surface area contributed by atoms with Gasteiger partial charge in [-0.25, -0.2) is 8.78 Å². The molecule has 1 aliphatic heterocycles. The van der Waals surface area contributed by atoms with Crippen molar-refractivity contribution in [2.24, 2.45) is 10.7 Å². The molecule has 0 unspecified atom stereocenters. The summed E-state index contributed by atoms with van der Waals surface area (Å²) < 4.78 is 25.6. The summed E-state index contributed by atoms with van der Waals surface area (Å²) in [6, 6.07) is 2.04. The molecule has 0 aliphatic carbocycles. The van der Waals surface area contributed by atoms with Crippen molar-refractivity contribution in [2.75, 3.05) is 0 Å². The van der Waals surface area contributed by atoms with E-state index in [1.807, 2.05) is 0 Å². The first-order valence-electron chi connectivity index (χ1n) is 3.46. The fraction of sp³-hybridized carbons (Fsp3) is 0.125. The highest BCUT2D eigenvalue weighted by atomic mass is 19.1. The monoisotopic (exact) mass is 168 g/mol. The van der Waals surface area contributed by atoms with Crippen LogP contribution in [-0.4, -0.2) is 5.84 Å². The largest absolute Gasteiger partial charge is 0.383 e. The molecule has 0 saturated heterocycles. The van der Waals surface area contributed by atoms with E-state index in [-0.39, 0.29) is 12.4 Å². The van der Waals surface area contributed by atoms with Crippen molar-refractivity contribution in [3.8, 4) is 0 Å². The molecule has 0 spiro atoms. The third kappa shape index (κ3) is 0.879. The average molecular weight is 168 g/mol. The first kappa shape index (κ1) is 7.21. The number of hydrogen-bond acceptors (Lipinski definition) is 2. The van der Waals surface area contributed by atoms with Gasteiger partial charge in [0.1, 0.15) is 17.5 Å². The lowest BCUT2D eigenvalue weighted by atomic mass is 10.1. The predicted molar refractivity (Wildman–Crippen MR) is 40.8 cm³/mol. The molecule has 2 rings (SSSR count). The van der Waals surface area contributed by atoms with E-state index in [2.05, 4.69) is 4.99 Å². The molecular weight excluding hydrogens is 162 g/mol. The van der Waals surface area contributed by atoms with Gasteiger partial charge in [-0.05, 0) is 6.07 Å². The van der Waals surface area contributed by atoms with Crippen LogP contribution in [0.4, 0.5) is 8.78 Å². The molecule has 2 nitrogen and oxygen atoms in total. The first-order valence-corrected chi connectivity index (χ1v) is 3.46. The number of nitrogens with zero attached hydrogens (tertiary/aromatic N) is 1. The van der Waals surface area contributed by atoms with Gasteiger partial charge in [-0.15, -0.1) is 0 Å². The van der Waals surface area contributed by atoms with E-state index in [1.54, 1.807) is 0 Å². The summed E-state index contributed by atoms with van der Waals surface area (Å²) in [5, 5.41) is 0. The van der Waals surface area contributed by atoms with Gasteiger partial charge in [0.2, 0.25) is 0 Å². The maximum absolute atomic E-state index is 13.0. The van der Waals surface area contributed by atoms with Crippen LogP contribution in [0.1, 0.15) is 11.1 Å². The fourth-order valence-electron chi connectivity index (χ4n) is 1.24. The van der Waals surface area contributed by atoms with Gasteiger partial charge in [0.15, 0.2) is 0 Å². The van der Waals surface area contributed by atoms with E-state index in [4.69, 9.17) is 5.73 Å². The number of rotatable bonds is 0. The zero-order chi connectivity index (χ0) is 8.72. The Morgan fingerprint density at radius 3 is 2.83 bits per heavy atom. The molecule has 0 aromatic heterocycles. The highest BCUT2D eigenvalue weighted by Crippen LogP contribution is 2.21. The van der Waals surface area contributed by atoms with Crippen LogP contribution < -0.4 is 5.73 Å². The van der Waals surface area contributed by atoms with Gasteiger partial charge < -0.3 is 5.73 Å². The second-order valence-corrected chi connectivity index (χ2v) is 2.62. The topological polar surface area (TPSA) is 38.4 Å². The quantitative estimate of drug-likeness (QED) is 0.620. The molecule has 2 N–H and O–H groups in total. The van der Waals surface area contributed by atoms with Gasteiger partial charge in [-0.1, -0.05) is 0 Å². The van der Waals surface area contributed by atoms with Crippen LogP contribution in [-0.2, 0) is 6.54 Å². The molecule has 1 heterocycles. The number of amidine groups is 1. The van der Waals surface area contributed by atoms with Gasteiger partial charge in [0, 0.05) is 17.2 Å². The third-order valence-electron chi connectivity index (χ3n) is 1.84. The number of benzene rings is 1. The van der Waals surface area contributed by atoms with Crippen LogP contribution in [0, 0.1) is 11.6 Å². The van der Waals surface area contributed by atoms with Crippen molar-refractivity contribution in [3.05, 3.63) is 34.9 Å². The van der Waals surface area contributed by atoms with Gasteiger partial charge in [-0.2, -0.15) is 0 Å². The Labute approximate surface area is 67.7 Å². The second kappa shape index (κ2) is 2.27. The van der Waals surface area contributed by atoms with Crippen molar-refractivity contribution < 1.29 is 8.78 Å². The minimum Gasteiger partial charge on any atom is -0.383 e. The van der Waals surface area contributed by atoms with Gasteiger partial charge in [-0.3, -0.25) is 4.99 Å². The van der Waals surface area contributed by atoms with Crippen LogP contribution in [0.3, 0.4) is 0 Å². The smallest absolute Gasteiger partial charge is 0.131 e. The molecule has 12 heavy (non-hydrogen) atoms. The minimum atomic E-state index is -0.619. The molecule has 0 radical (unpaired) electrons. The second-order valence-electron chi connectivity index (χ2n) is 2.62. The standard InChI is InChI=1S/C8H6F2N2/c9-4-1-5-6(7(10)2-4)3-12-8(5)11/h1-2H,3H2,(H2,11,12). The molecule has 1 aliphatic rings. The van der Waals surface area contributed by atoms with Crippen molar-refractivity contribution in [3.63, 3.8) is 0 Å². The molecule has 0 bridgehead atoms. The summed E-state index contributed by atoms with van der Waals surface area (Å²) in [6.07, 6.45) is 0. The van der Waals surface area contributed by atoms with Crippen molar-refractivity contribution in [1.82, 2.24) is 0 Å². The summed E-state index contributed by atoms with van der Waals surface area (Å²) in [5.41, 5.74) is 6.17. The van der Waals surface area contributed by atoms with Gasteiger partial charge in [0.25, 0.3) is 0 Å². The Kier molecular flexibility index (Phi) is 1.36. The van der Waals surface area contributed by atoms with Crippen LogP contribution in [0.25, 0.3) is 0 Å². The van der Waals surface area contributed by atoms with Gasteiger partial charge in [0.05, 0.1) is 6.54 Å². The number of halogens is 2. The van der Waals surface area contributed by atoms with Crippen LogP contribution in [0.2, 0.25) is 0 Å². The van der Waals surface area contributed by atoms with E-state index in [9.17, 15) is 8.78 Å². The third-order valence-corrected chi connectivity index (χ3v) is 1.84. The highest BCUT2D eigenvalue weighted by Gasteiger charge is 2.18. The molecule has 4 heteroatoms. The SMILES string of the molecule is NC1=NCc2c(F)cc(F)cc21. The molecule has 62 valence electrons. The van der Waals surface area contributed by atoms with Gasteiger partial charge >= 0.3 is 0 Å². The molecular formula is C8H6F2N2. The zero-order valence-corrected chi connectivity index (χ0v) is 6.14. The van der Waals surface area contributed by atoms with Crippen LogP contribution >= 0.6 is 0 Å². The summed E-state index contributed by atoms with van der Waals surface area (Å²) in [5.74, 6) is -0.982. The number of hydrogen-bond donors (Lipinski definition) is 1. The van der Waals surface area contributed by atoms with E-state index < -0.39 is 11.6 Å². The lowest BCUT2D eigenvalue weighted by molar-refractivity contribution is 0.574. The lowest BCUT2D eigenvalue weighted by Crippen LogP contribution is -2.11. The normalized spacial score (nSPS) is 14.3. The van der Waals surface area contributed by atoms with E-state index >= 15 is 0 Å². The molecule has 0 saturated carbocycles. The lowest BCUT2D eigenvalue weighted by Gasteiger charge is -2.00. The predicted octanol–water partition coefficient (Wildman–Crippen LogP) is 1.18. The Balaban J connectivity index is 2.67. The van der Waals surface area contributed by atoms with E-state index in [1.165, 1.54) is 6.07 Å². The average Bonchev–Trinajstić information content (AvgIpc) is 2.33. The van der Waals surface area contributed by atoms with Crippen LogP contribution in [0.15, 0.2) is 17.1 Å². The molecule has 0 atom stereocenters. The zero-order valence-electron chi connectivity index (χ0n) is 6.14. The fourth-order valence-corrected chi connectivity index (χ4v) is 1.24. The maximum Gasteiger partial charge on any atom is 0.131 e. The number of fused-ring (bicyclic) bond motifs is 1. The molecule has 0 amide bonds. The summed E-state index contributed by atoms with van der Waals surface area (Å²) >= 11 is 0. The molecule has 0 fully saturated rings. The maximum atomic E-state index is 13.0. The minimum absolute atomic E-state index is 0.211. The molecule has 1 aromatic rings. The Morgan fingerprint density at radius 2 is 2.08 bits per heavy atom. The van der Waals surface area contributed by atoms with Crippen molar-refractivity contribution in [1.29, 1.82) is 0 Å². The van der Waals surface area contributed by atoms with E-state index in [0.717, 1.165) is 6.07 Å². The summed E-state index contributed by atoms with van der Waals surface area (Å²) in [7, 11) is 0. The Bertz CT molecular complexity index is 372. The van der Waals surface area contributed by atoms with Crippen molar-refractivity contribution >= 4 is 5.84 Å². The van der Waals surface area contributed by atoms with E-state index in [0.29, 0.717) is 11.1 Å². The number of nitrogens with two attached hydrogens (primary N) is 1. The first-order chi connectivity index (χ1) is 5.68. The van der Waals surface area contributed by atoms with Crippen LogP contribution in [0.5, 0.6) is 0 Å². The number of aliphatic imine (C=N–C) groups is 1. The Morgan fingerprint density at radius 1 is 1.33 bits per heavy atom. The summed E-state index contributed by atoms with van der Waals surface area (Å²) in [4.78, 5) is 3.79. The molecule has 1 aromatic carbocycles. The Hall–Kier alpha value is -1.45. The van der Waals surface area contributed by atoms with Crippen molar-refractivity contribution in [2.45, 2.75) is 6.54 Å².